The Kier molecular flexibility index (Phi) is 6.97. The predicted molar refractivity (Wildman–Crippen MR) is 127 cm³/mol. The molecule has 0 atom stereocenters. The number of hydrogen-bond acceptors (Lipinski definition) is 7. The zero-order chi connectivity index (χ0) is 23.2. The number of methoxy groups -OCH3 is 3. The summed E-state index contributed by atoms with van der Waals surface area (Å²) >= 11 is 0. The minimum atomic E-state index is -0.0782. The number of anilines is 1. The highest BCUT2D eigenvalue weighted by Crippen LogP contribution is 2.29. The number of amides is 2. The Bertz CT molecular complexity index is 1090. The topological polar surface area (TPSA) is 89.1 Å². The van der Waals surface area contributed by atoms with Crippen LogP contribution in [0.3, 0.4) is 0 Å². The van der Waals surface area contributed by atoms with Gasteiger partial charge in [-0.05, 0) is 12.1 Å². The van der Waals surface area contributed by atoms with E-state index in [0.29, 0.717) is 31.9 Å². The number of rotatable bonds is 7. The van der Waals surface area contributed by atoms with E-state index in [1.165, 1.54) is 0 Å². The van der Waals surface area contributed by atoms with Crippen LogP contribution in [0.25, 0.3) is 11.0 Å². The van der Waals surface area contributed by atoms with E-state index in [4.69, 9.17) is 14.2 Å². The largest absolute Gasteiger partial charge is 0.497 e. The van der Waals surface area contributed by atoms with Crippen molar-refractivity contribution in [2.45, 2.75) is 6.42 Å². The van der Waals surface area contributed by atoms with E-state index < -0.39 is 0 Å². The summed E-state index contributed by atoms with van der Waals surface area (Å²) < 4.78 is 16.1. The zero-order valence-corrected chi connectivity index (χ0v) is 19.2. The maximum atomic E-state index is 12.7. The van der Waals surface area contributed by atoms with E-state index in [2.05, 4.69) is 20.2 Å². The molecule has 174 valence electrons. The Labute approximate surface area is 193 Å². The van der Waals surface area contributed by atoms with Gasteiger partial charge < -0.3 is 29.3 Å². The highest BCUT2D eigenvalue weighted by atomic mass is 16.5. The zero-order valence-electron chi connectivity index (χ0n) is 19.2. The molecular formula is C24H29N5O4. The monoisotopic (exact) mass is 451 g/mol. The van der Waals surface area contributed by atoms with Gasteiger partial charge in [0, 0.05) is 63.0 Å². The lowest BCUT2D eigenvalue weighted by Gasteiger charge is -2.36. The second-order valence-electron chi connectivity index (χ2n) is 7.70. The third-order valence-electron chi connectivity index (χ3n) is 5.71. The molecule has 1 saturated heterocycles. The molecule has 1 N–H and O–H groups in total. The predicted octanol–water partition coefficient (Wildman–Crippen LogP) is 2.73. The number of fused-ring (bicyclic) bond motifs is 1. The van der Waals surface area contributed by atoms with E-state index in [0.717, 1.165) is 47.0 Å². The number of ether oxygens (including phenoxy) is 3. The Balaban J connectivity index is 1.31. The molecule has 1 fully saturated rings. The fraction of sp³-hybridized carbons (Fsp3) is 0.375. The Hall–Kier alpha value is -3.75. The van der Waals surface area contributed by atoms with Crippen molar-refractivity contribution in [3.05, 3.63) is 48.2 Å². The molecule has 0 aliphatic carbocycles. The molecule has 1 aliphatic rings. The number of para-hydroxylation sites is 2. The standard InChI is InChI=1S/C24H29N5O4/c1-31-18-14-17(15-19(16-18)32-2)28-10-12-29(13-11-28)24(30)25-9-8-22-23(33-3)27-21-7-5-4-6-20(21)26-22/h4-7,14-16H,8-13H2,1-3H3,(H,25,30). The van der Waals surface area contributed by atoms with Crippen LogP contribution in [0.15, 0.2) is 42.5 Å². The number of hydrogen-bond donors (Lipinski definition) is 1. The fourth-order valence-electron chi connectivity index (χ4n) is 3.89. The minimum absolute atomic E-state index is 0.0782. The lowest BCUT2D eigenvalue weighted by molar-refractivity contribution is 0.194. The summed E-state index contributed by atoms with van der Waals surface area (Å²) in [5.74, 6) is 1.98. The molecule has 1 aliphatic heterocycles. The molecule has 2 amide bonds. The number of carbonyl (C=O) groups is 1. The summed E-state index contributed by atoms with van der Waals surface area (Å²) in [7, 11) is 4.86. The van der Waals surface area contributed by atoms with Gasteiger partial charge in [0.1, 0.15) is 17.2 Å². The molecule has 0 saturated carbocycles. The second kappa shape index (κ2) is 10.2. The molecule has 0 spiro atoms. The Morgan fingerprint density at radius 2 is 1.55 bits per heavy atom. The minimum Gasteiger partial charge on any atom is -0.497 e. The van der Waals surface area contributed by atoms with Gasteiger partial charge in [-0.3, -0.25) is 0 Å². The van der Waals surface area contributed by atoms with E-state index in [-0.39, 0.29) is 6.03 Å². The number of aromatic nitrogens is 2. The molecule has 2 heterocycles. The van der Waals surface area contributed by atoms with Crippen LogP contribution >= 0.6 is 0 Å². The number of benzene rings is 2. The molecular weight excluding hydrogens is 422 g/mol. The highest BCUT2D eigenvalue weighted by molar-refractivity contribution is 5.75. The first-order valence-electron chi connectivity index (χ1n) is 10.9. The molecule has 4 rings (SSSR count). The van der Waals surface area contributed by atoms with Gasteiger partial charge in [-0.15, -0.1) is 0 Å². The fourth-order valence-corrected chi connectivity index (χ4v) is 3.89. The van der Waals surface area contributed by atoms with E-state index >= 15 is 0 Å². The number of piperazine rings is 1. The molecule has 9 nitrogen and oxygen atoms in total. The summed E-state index contributed by atoms with van der Waals surface area (Å²) in [4.78, 5) is 25.9. The van der Waals surface area contributed by atoms with Gasteiger partial charge in [0.15, 0.2) is 0 Å². The van der Waals surface area contributed by atoms with Gasteiger partial charge in [-0.25, -0.2) is 14.8 Å². The number of nitrogens with zero attached hydrogens (tertiary/aromatic N) is 4. The van der Waals surface area contributed by atoms with Crippen LogP contribution < -0.4 is 24.4 Å². The third-order valence-corrected chi connectivity index (χ3v) is 5.71. The van der Waals surface area contributed by atoms with Gasteiger partial charge in [-0.1, -0.05) is 12.1 Å². The van der Waals surface area contributed by atoms with Crippen molar-refractivity contribution in [2.75, 3.05) is 59.0 Å². The lowest BCUT2D eigenvalue weighted by Crippen LogP contribution is -2.52. The van der Waals surface area contributed by atoms with Gasteiger partial charge >= 0.3 is 6.03 Å². The Morgan fingerprint density at radius 3 is 2.15 bits per heavy atom. The van der Waals surface area contributed by atoms with Crippen molar-refractivity contribution in [3.63, 3.8) is 0 Å². The van der Waals surface area contributed by atoms with Crippen LogP contribution in [0.4, 0.5) is 10.5 Å². The number of urea groups is 1. The van der Waals surface area contributed by atoms with Crippen molar-refractivity contribution >= 4 is 22.8 Å². The van der Waals surface area contributed by atoms with Crippen LogP contribution in [0.2, 0.25) is 0 Å². The number of nitrogens with one attached hydrogen (secondary N) is 1. The molecule has 0 radical (unpaired) electrons. The summed E-state index contributed by atoms with van der Waals surface area (Å²) in [5, 5.41) is 3.00. The maximum Gasteiger partial charge on any atom is 0.317 e. The van der Waals surface area contributed by atoms with Gasteiger partial charge in [0.25, 0.3) is 0 Å². The summed E-state index contributed by atoms with van der Waals surface area (Å²) in [6.45, 7) is 3.17. The summed E-state index contributed by atoms with van der Waals surface area (Å²) in [6, 6.07) is 13.4. The first-order chi connectivity index (χ1) is 16.1. The first-order valence-corrected chi connectivity index (χ1v) is 10.9. The smallest absolute Gasteiger partial charge is 0.317 e. The molecule has 1 aromatic heterocycles. The molecule has 33 heavy (non-hydrogen) atoms. The van der Waals surface area contributed by atoms with Crippen LogP contribution in [0.5, 0.6) is 17.4 Å². The van der Waals surface area contributed by atoms with Crippen LogP contribution in [0.1, 0.15) is 5.69 Å². The van der Waals surface area contributed by atoms with Crippen LogP contribution in [0, 0.1) is 0 Å². The maximum absolute atomic E-state index is 12.7. The van der Waals surface area contributed by atoms with Gasteiger partial charge in [-0.2, -0.15) is 0 Å². The van der Waals surface area contributed by atoms with Gasteiger partial charge in [0.2, 0.25) is 5.88 Å². The van der Waals surface area contributed by atoms with Crippen LogP contribution in [-0.4, -0.2) is 75.0 Å². The molecule has 3 aromatic rings. The summed E-state index contributed by atoms with van der Waals surface area (Å²) in [5.41, 5.74) is 3.35. The van der Waals surface area contributed by atoms with E-state index in [1.807, 2.05) is 47.4 Å². The first kappa shape index (κ1) is 22.4. The number of carbonyl (C=O) groups excluding carboxylic acids is 1. The molecule has 0 bridgehead atoms. The average Bonchev–Trinajstić information content (AvgIpc) is 2.87. The summed E-state index contributed by atoms with van der Waals surface area (Å²) in [6.07, 6.45) is 0.538. The van der Waals surface area contributed by atoms with Crippen molar-refractivity contribution in [1.82, 2.24) is 20.2 Å². The SMILES string of the molecule is COc1cc(OC)cc(N2CCN(C(=O)NCCc3nc4ccccc4nc3OC)CC2)c1. The second-order valence-corrected chi connectivity index (χ2v) is 7.70. The van der Waals surface area contributed by atoms with Crippen molar-refractivity contribution in [3.8, 4) is 17.4 Å². The third kappa shape index (κ3) is 5.19. The lowest BCUT2D eigenvalue weighted by atomic mass is 10.2. The van der Waals surface area contributed by atoms with Crippen LogP contribution in [-0.2, 0) is 6.42 Å². The van der Waals surface area contributed by atoms with Crippen molar-refractivity contribution in [1.29, 1.82) is 0 Å². The van der Waals surface area contributed by atoms with Gasteiger partial charge in [0.05, 0.1) is 32.4 Å². The average molecular weight is 452 g/mol. The Morgan fingerprint density at radius 1 is 0.909 bits per heavy atom. The molecule has 0 unspecified atom stereocenters. The van der Waals surface area contributed by atoms with Crippen molar-refractivity contribution in [2.24, 2.45) is 0 Å². The molecule has 2 aromatic carbocycles. The molecule has 9 heteroatoms. The van der Waals surface area contributed by atoms with E-state index in [9.17, 15) is 4.79 Å². The van der Waals surface area contributed by atoms with E-state index in [1.54, 1.807) is 21.3 Å². The van der Waals surface area contributed by atoms with Crippen molar-refractivity contribution < 1.29 is 19.0 Å². The highest BCUT2D eigenvalue weighted by Gasteiger charge is 2.22. The quantitative estimate of drug-likeness (QED) is 0.591. The normalized spacial score (nSPS) is 13.7.